The molecule has 2 aliphatic heterocycles. The van der Waals surface area contributed by atoms with Crippen LogP contribution in [0.15, 0.2) is 0 Å². The standard InChI is InChI=1S/C16H21N5O2S/c1-20-3-2-9-10(8-20)15(21-4-6-23-7-5-21)19-16-11(9)12(17)13(24-16)14(18)22/h2-8,17H2,1H3,(H2,18,22). The molecule has 2 aromatic rings. The summed E-state index contributed by atoms with van der Waals surface area (Å²) in [4.78, 5) is 22.4. The summed E-state index contributed by atoms with van der Waals surface area (Å²) in [7, 11) is 2.11. The summed E-state index contributed by atoms with van der Waals surface area (Å²) >= 11 is 1.30. The minimum atomic E-state index is -0.481. The first-order valence-corrected chi connectivity index (χ1v) is 8.92. The molecule has 0 aliphatic carbocycles. The lowest BCUT2D eigenvalue weighted by atomic mass is 9.96. The van der Waals surface area contributed by atoms with Crippen molar-refractivity contribution in [1.29, 1.82) is 0 Å². The van der Waals surface area contributed by atoms with Crippen molar-refractivity contribution in [3.63, 3.8) is 0 Å². The summed E-state index contributed by atoms with van der Waals surface area (Å²) in [5.74, 6) is 0.523. The summed E-state index contributed by atoms with van der Waals surface area (Å²) < 4.78 is 5.47. The van der Waals surface area contributed by atoms with Gasteiger partial charge in [0.25, 0.3) is 5.91 Å². The molecule has 0 saturated carbocycles. The van der Waals surface area contributed by atoms with Crippen LogP contribution in [0, 0.1) is 0 Å². The first-order chi connectivity index (χ1) is 11.6. The molecular weight excluding hydrogens is 326 g/mol. The third-order valence-corrected chi connectivity index (χ3v) is 5.89. The molecule has 1 fully saturated rings. The van der Waals surface area contributed by atoms with E-state index in [1.165, 1.54) is 22.5 Å². The molecule has 7 nitrogen and oxygen atoms in total. The number of likely N-dealkylation sites (N-methyl/N-ethyl adjacent to an activating group) is 1. The van der Waals surface area contributed by atoms with Crippen molar-refractivity contribution < 1.29 is 9.53 Å². The van der Waals surface area contributed by atoms with Gasteiger partial charge >= 0.3 is 0 Å². The number of primary amides is 1. The molecular formula is C16H21N5O2S. The smallest absolute Gasteiger partial charge is 0.260 e. The second-order valence-electron chi connectivity index (χ2n) is 6.37. The number of morpholine rings is 1. The first-order valence-electron chi connectivity index (χ1n) is 8.11. The van der Waals surface area contributed by atoms with Crippen LogP contribution >= 0.6 is 11.3 Å². The van der Waals surface area contributed by atoms with E-state index in [0.29, 0.717) is 23.8 Å². The number of anilines is 2. The van der Waals surface area contributed by atoms with E-state index in [9.17, 15) is 4.79 Å². The fourth-order valence-electron chi connectivity index (χ4n) is 3.56. The van der Waals surface area contributed by atoms with Crippen LogP contribution < -0.4 is 16.4 Å². The zero-order valence-electron chi connectivity index (χ0n) is 13.7. The monoisotopic (exact) mass is 347 g/mol. The van der Waals surface area contributed by atoms with Gasteiger partial charge in [0.05, 0.1) is 18.9 Å². The summed E-state index contributed by atoms with van der Waals surface area (Å²) in [5.41, 5.74) is 14.7. The summed E-state index contributed by atoms with van der Waals surface area (Å²) in [6.07, 6.45) is 0.904. The molecule has 0 unspecified atom stereocenters. The van der Waals surface area contributed by atoms with E-state index in [0.717, 1.165) is 48.6 Å². The Kier molecular flexibility index (Phi) is 3.82. The molecule has 0 radical (unpaired) electrons. The van der Waals surface area contributed by atoms with Crippen molar-refractivity contribution in [3.05, 3.63) is 16.0 Å². The van der Waals surface area contributed by atoms with E-state index in [2.05, 4.69) is 16.8 Å². The molecule has 1 amide bonds. The number of nitrogens with zero attached hydrogens (tertiary/aromatic N) is 3. The molecule has 128 valence electrons. The van der Waals surface area contributed by atoms with Gasteiger partial charge in [0.1, 0.15) is 15.5 Å². The maximum absolute atomic E-state index is 11.7. The van der Waals surface area contributed by atoms with Crippen LogP contribution in [0.2, 0.25) is 0 Å². The van der Waals surface area contributed by atoms with Crippen molar-refractivity contribution in [2.24, 2.45) is 5.73 Å². The van der Waals surface area contributed by atoms with Crippen LogP contribution in [-0.4, -0.2) is 55.7 Å². The normalized spacial score (nSPS) is 18.8. The SMILES string of the molecule is CN1CCc2c(c(N3CCOCC3)nc3sc(C(N)=O)c(N)c23)C1. The third-order valence-electron chi connectivity index (χ3n) is 4.78. The molecule has 2 aromatic heterocycles. The molecule has 2 aliphatic rings. The number of hydrogen-bond donors (Lipinski definition) is 2. The Morgan fingerprint density at radius 1 is 1.25 bits per heavy atom. The Morgan fingerprint density at radius 3 is 2.71 bits per heavy atom. The van der Waals surface area contributed by atoms with E-state index in [4.69, 9.17) is 21.2 Å². The molecule has 0 bridgehead atoms. The van der Waals surface area contributed by atoms with Crippen LogP contribution in [0.3, 0.4) is 0 Å². The number of aromatic nitrogens is 1. The van der Waals surface area contributed by atoms with E-state index < -0.39 is 5.91 Å². The number of fused-ring (bicyclic) bond motifs is 3. The minimum Gasteiger partial charge on any atom is -0.397 e. The average Bonchev–Trinajstić information content (AvgIpc) is 2.92. The summed E-state index contributed by atoms with van der Waals surface area (Å²) in [6.45, 7) is 4.89. The van der Waals surface area contributed by atoms with Gasteiger partial charge in [-0.1, -0.05) is 0 Å². The van der Waals surface area contributed by atoms with E-state index in [-0.39, 0.29) is 0 Å². The van der Waals surface area contributed by atoms with Crippen molar-refractivity contribution in [2.45, 2.75) is 13.0 Å². The molecule has 4 heterocycles. The summed E-state index contributed by atoms with van der Waals surface area (Å²) in [6, 6.07) is 0. The van der Waals surface area contributed by atoms with E-state index >= 15 is 0 Å². The highest BCUT2D eigenvalue weighted by molar-refractivity contribution is 7.21. The van der Waals surface area contributed by atoms with Gasteiger partial charge in [0.15, 0.2) is 0 Å². The number of pyridine rings is 1. The van der Waals surface area contributed by atoms with Gasteiger partial charge in [0, 0.05) is 37.1 Å². The molecule has 8 heteroatoms. The van der Waals surface area contributed by atoms with Gasteiger partial charge in [0.2, 0.25) is 0 Å². The number of thiophene rings is 1. The largest absolute Gasteiger partial charge is 0.397 e. The molecule has 4 N–H and O–H groups in total. The number of nitrogen functional groups attached to an aromatic ring is 1. The van der Waals surface area contributed by atoms with Gasteiger partial charge in [-0.15, -0.1) is 11.3 Å². The van der Waals surface area contributed by atoms with Gasteiger partial charge < -0.3 is 26.0 Å². The van der Waals surface area contributed by atoms with Crippen molar-refractivity contribution in [2.75, 3.05) is 50.5 Å². The fraction of sp³-hybridized carbons (Fsp3) is 0.500. The lowest BCUT2D eigenvalue weighted by molar-refractivity contribution is 0.100. The average molecular weight is 347 g/mol. The highest BCUT2D eigenvalue weighted by atomic mass is 32.1. The van der Waals surface area contributed by atoms with E-state index in [1.807, 2.05) is 0 Å². The van der Waals surface area contributed by atoms with Crippen LogP contribution in [0.5, 0.6) is 0 Å². The van der Waals surface area contributed by atoms with Crippen LogP contribution in [-0.2, 0) is 17.7 Å². The van der Waals surface area contributed by atoms with Crippen molar-refractivity contribution in [3.8, 4) is 0 Å². The highest BCUT2D eigenvalue weighted by Gasteiger charge is 2.28. The molecule has 0 spiro atoms. The number of ether oxygens (including phenoxy) is 1. The Bertz CT molecular complexity index is 813. The van der Waals surface area contributed by atoms with Gasteiger partial charge in [-0.05, 0) is 19.0 Å². The van der Waals surface area contributed by atoms with Crippen LogP contribution in [0.1, 0.15) is 20.8 Å². The zero-order valence-corrected chi connectivity index (χ0v) is 14.5. The topological polar surface area (TPSA) is 97.7 Å². The zero-order chi connectivity index (χ0) is 16.8. The molecule has 24 heavy (non-hydrogen) atoms. The Morgan fingerprint density at radius 2 is 2.00 bits per heavy atom. The summed E-state index contributed by atoms with van der Waals surface area (Å²) in [5, 5.41) is 0.925. The number of rotatable bonds is 2. The lowest BCUT2D eigenvalue weighted by Crippen LogP contribution is -2.39. The van der Waals surface area contributed by atoms with Crippen molar-refractivity contribution in [1.82, 2.24) is 9.88 Å². The maximum Gasteiger partial charge on any atom is 0.260 e. The number of hydrogen-bond acceptors (Lipinski definition) is 7. The van der Waals surface area contributed by atoms with E-state index in [1.54, 1.807) is 0 Å². The fourth-order valence-corrected chi connectivity index (χ4v) is 4.54. The Balaban J connectivity index is 1.95. The lowest BCUT2D eigenvalue weighted by Gasteiger charge is -2.33. The van der Waals surface area contributed by atoms with Crippen LogP contribution in [0.4, 0.5) is 11.5 Å². The first kappa shape index (κ1) is 15.6. The predicted molar refractivity (Wildman–Crippen MR) is 95.6 cm³/mol. The minimum absolute atomic E-state index is 0.415. The second-order valence-corrected chi connectivity index (χ2v) is 7.37. The quantitative estimate of drug-likeness (QED) is 0.834. The third kappa shape index (κ3) is 2.42. The predicted octanol–water partition coefficient (Wildman–Crippen LogP) is 0.802. The van der Waals surface area contributed by atoms with Gasteiger partial charge in [-0.25, -0.2) is 4.98 Å². The molecule has 4 rings (SSSR count). The number of amides is 1. The Labute approximate surface area is 144 Å². The molecule has 1 saturated heterocycles. The Hall–Kier alpha value is -1.90. The van der Waals surface area contributed by atoms with Gasteiger partial charge in [-0.2, -0.15) is 0 Å². The number of carbonyl (C=O) groups excluding carboxylic acids is 1. The van der Waals surface area contributed by atoms with Crippen molar-refractivity contribution >= 4 is 39.0 Å². The maximum atomic E-state index is 11.7. The molecule has 0 atom stereocenters. The molecule has 0 aromatic carbocycles. The highest BCUT2D eigenvalue weighted by Crippen LogP contribution is 2.41. The second kappa shape index (κ2) is 5.87. The van der Waals surface area contributed by atoms with Gasteiger partial charge in [-0.3, -0.25) is 4.79 Å². The number of carbonyl (C=O) groups is 1. The number of nitrogens with two attached hydrogens (primary N) is 2. The van der Waals surface area contributed by atoms with Crippen LogP contribution in [0.25, 0.3) is 10.2 Å².